The SMILES string of the molecule is CCCS(=O)(=O)CCOc1ccc(C(C)O)cc1C. The van der Waals surface area contributed by atoms with Crippen LogP contribution in [0.5, 0.6) is 5.75 Å². The average Bonchev–Trinajstić information content (AvgIpc) is 2.30. The summed E-state index contributed by atoms with van der Waals surface area (Å²) in [5.41, 5.74) is 1.72. The van der Waals surface area contributed by atoms with Crippen LogP contribution in [-0.4, -0.2) is 31.6 Å². The fourth-order valence-corrected chi connectivity index (χ4v) is 2.95. The summed E-state index contributed by atoms with van der Waals surface area (Å²) in [4.78, 5) is 0. The highest BCUT2D eigenvalue weighted by atomic mass is 32.2. The monoisotopic (exact) mass is 286 g/mol. The van der Waals surface area contributed by atoms with Gasteiger partial charge in [0.15, 0.2) is 9.84 Å². The van der Waals surface area contributed by atoms with Crippen LogP contribution in [0.3, 0.4) is 0 Å². The topological polar surface area (TPSA) is 63.6 Å². The number of rotatable bonds is 7. The summed E-state index contributed by atoms with van der Waals surface area (Å²) < 4.78 is 28.6. The summed E-state index contributed by atoms with van der Waals surface area (Å²) in [6.07, 6.45) is 0.113. The summed E-state index contributed by atoms with van der Waals surface area (Å²) >= 11 is 0. The molecule has 4 nitrogen and oxygen atoms in total. The lowest BCUT2D eigenvalue weighted by Crippen LogP contribution is -2.17. The molecular weight excluding hydrogens is 264 g/mol. The third kappa shape index (κ3) is 5.20. The van der Waals surface area contributed by atoms with Gasteiger partial charge < -0.3 is 9.84 Å². The van der Waals surface area contributed by atoms with Crippen molar-refractivity contribution in [2.45, 2.75) is 33.3 Å². The zero-order chi connectivity index (χ0) is 14.5. The van der Waals surface area contributed by atoms with E-state index in [1.54, 1.807) is 19.1 Å². The lowest BCUT2D eigenvalue weighted by molar-refractivity contribution is 0.199. The van der Waals surface area contributed by atoms with Crippen LogP contribution in [0.1, 0.15) is 37.5 Å². The number of sulfone groups is 1. The highest BCUT2D eigenvalue weighted by Crippen LogP contribution is 2.22. The fourth-order valence-electron chi connectivity index (χ4n) is 1.79. The van der Waals surface area contributed by atoms with Crippen molar-refractivity contribution < 1.29 is 18.3 Å². The van der Waals surface area contributed by atoms with Gasteiger partial charge in [0, 0.05) is 0 Å². The number of aliphatic hydroxyl groups is 1. The molecule has 1 aromatic carbocycles. The van der Waals surface area contributed by atoms with Gasteiger partial charge in [0.2, 0.25) is 0 Å². The molecule has 108 valence electrons. The number of hydrogen-bond donors (Lipinski definition) is 1. The normalized spacial score (nSPS) is 13.3. The molecule has 0 aliphatic carbocycles. The second-order valence-corrected chi connectivity index (χ2v) is 7.00. The van der Waals surface area contributed by atoms with Crippen LogP contribution in [0.2, 0.25) is 0 Å². The zero-order valence-electron chi connectivity index (χ0n) is 11.7. The number of ether oxygens (including phenoxy) is 1. The lowest BCUT2D eigenvalue weighted by atomic mass is 10.1. The molecule has 0 aliphatic rings. The van der Waals surface area contributed by atoms with Gasteiger partial charge in [0.25, 0.3) is 0 Å². The largest absolute Gasteiger partial charge is 0.492 e. The van der Waals surface area contributed by atoms with E-state index in [0.29, 0.717) is 12.2 Å². The molecule has 0 aromatic heterocycles. The molecule has 5 heteroatoms. The molecule has 0 saturated heterocycles. The number of hydrogen-bond acceptors (Lipinski definition) is 4. The van der Waals surface area contributed by atoms with Crippen molar-refractivity contribution in [3.8, 4) is 5.75 Å². The molecule has 0 fully saturated rings. The summed E-state index contributed by atoms with van der Waals surface area (Å²) in [6.45, 7) is 5.59. The van der Waals surface area contributed by atoms with E-state index < -0.39 is 15.9 Å². The second-order valence-electron chi connectivity index (χ2n) is 4.70. The summed E-state index contributed by atoms with van der Waals surface area (Å²) in [5, 5.41) is 9.46. The number of aliphatic hydroxyl groups excluding tert-OH is 1. The maximum Gasteiger partial charge on any atom is 0.153 e. The van der Waals surface area contributed by atoms with Crippen molar-refractivity contribution in [1.29, 1.82) is 0 Å². The molecule has 0 amide bonds. The summed E-state index contributed by atoms with van der Waals surface area (Å²) in [7, 11) is -3.00. The van der Waals surface area contributed by atoms with Crippen molar-refractivity contribution in [1.82, 2.24) is 0 Å². The van der Waals surface area contributed by atoms with E-state index in [1.807, 2.05) is 19.9 Å². The van der Waals surface area contributed by atoms with Crippen LogP contribution in [0, 0.1) is 6.92 Å². The third-order valence-electron chi connectivity index (χ3n) is 2.85. The van der Waals surface area contributed by atoms with E-state index in [2.05, 4.69) is 0 Å². The Morgan fingerprint density at radius 2 is 2.00 bits per heavy atom. The molecule has 0 saturated carbocycles. The van der Waals surface area contributed by atoms with Crippen LogP contribution in [-0.2, 0) is 9.84 Å². The lowest BCUT2D eigenvalue weighted by Gasteiger charge is -2.12. The third-order valence-corrected chi connectivity index (χ3v) is 4.67. The Morgan fingerprint density at radius 3 is 2.53 bits per heavy atom. The van der Waals surface area contributed by atoms with Crippen LogP contribution in [0.25, 0.3) is 0 Å². The Bertz CT molecular complexity index is 506. The van der Waals surface area contributed by atoms with E-state index in [1.165, 1.54) is 0 Å². The highest BCUT2D eigenvalue weighted by molar-refractivity contribution is 7.91. The van der Waals surface area contributed by atoms with Gasteiger partial charge in [-0.15, -0.1) is 0 Å². The molecular formula is C14H22O4S. The molecule has 1 unspecified atom stereocenters. The Hall–Kier alpha value is -1.07. The van der Waals surface area contributed by atoms with Crippen LogP contribution in [0.15, 0.2) is 18.2 Å². The minimum atomic E-state index is -3.00. The maximum atomic E-state index is 11.5. The van der Waals surface area contributed by atoms with Gasteiger partial charge in [-0.05, 0) is 43.5 Å². The number of aryl methyl sites for hydroxylation is 1. The fraction of sp³-hybridized carbons (Fsp3) is 0.571. The minimum Gasteiger partial charge on any atom is -0.492 e. The van der Waals surface area contributed by atoms with E-state index in [9.17, 15) is 13.5 Å². The first-order valence-electron chi connectivity index (χ1n) is 6.47. The molecule has 1 rings (SSSR count). The maximum absolute atomic E-state index is 11.5. The van der Waals surface area contributed by atoms with Gasteiger partial charge in [-0.3, -0.25) is 0 Å². The predicted molar refractivity (Wildman–Crippen MR) is 76.3 cm³/mol. The minimum absolute atomic E-state index is 0.0401. The van der Waals surface area contributed by atoms with Crippen LogP contribution < -0.4 is 4.74 Å². The molecule has 0 aliphatic heterocycles. The van der Waals surface area contributed by atoms with Gasteiger partial charge in [0.05, 0.1) is 17.6 Å². The Kier molecular flexibility index (Phi) is 5.82. The smallest absolute Gasteiger partial charge is 0.153 e. The average molecular weight is 286 g/mol. The van der Waals surface area contributed by atoms with E-state index in [4.69, 9.17) is 4.74 Å². The van der Waals surface area contributed by atoms with Gasteiger partial charge in [0.1, 0.15) is 12.4 Å². The Balaban J connectivity index is 2.59. The predicted octanol–water partition coefficient (Wildman–Crippen LogP) is 2.25. The summed E-state index contributed by atoms with van der Waals surface area (Å²) in [5.74, 6) is 0.908. The second kappa shape index (κ2) is 6.91. The zero-order valence-corrected chi connectivity index (χ0v) is 12.5. The van der Waals surface area contributed by atoms with Crippen LogP contribution in [0.4, 0.5) is 0 Å². The van der Waals surface area contributed by atoms with Crippen molar-refractivity contribution in [2.75, 3.05) is 18.1 Å². The quantitative estimate of drug-likeness (QED) is 0.835. The first-order chi connectivity index (χ1) is 8.85. The first-order valence-corrected chi connectivity index (χ1v) is 8.29. The van der Waals surface area contributed by atoms with E-state index in [0.717, 1.165) is 11.1 Å². The standard InChI is InChI=1S/C14H22O4S/c1-4-8-19(16,17)9-7-18-14-6-5-13(12(3)15)10-11(14)2/h5-6,10,12,15H,4,7-9H2,1-3H3. The van der Waals surface area contributed by atoms with E-state index >= 15 is 0 Å². The van der Waals surface area contributed by atoms with Crippen LogP contribution >= 0.6 is 0 Å². The van der Waals surface area contributed by atoms with Gasteiger partial charge >= 0.3 is 0 Å². The number of benzene rings is 1. The van der Waals surface area contributed by atoms with Crippen molar-refractivity contribution in [2.24, 2.45) is 0 Å². The molecule has 1 aromatic rings. The van der Waals surface area contributed by atoms with Crippen molar-refractivity contribution >= 4 is 9.84 Å². The Morgan fingerprint density at radius 1 is 1.32 bits per heavy atom. The van der Waals surface area contributed by atoms with E-state index in [-0.39, 0.29) is 18.1 Å². The van der Waals surface area contributed by atoms with Gasteiger partial charge in [-0.1, -0.05) is 13.0 Å². The Labute approximate surface area is 115 Å². The molecule has 1 atom stereocenters. The molecule has 0 spiro atoms. The van der Waals surface area contributed by atoms with Gasteiger partial charge in [-0.2, -0.15) is 0 Å². The first kappa shape index (κ1) is 16.0. The van der Waals surface area contributed by atoms with Gasteiger partial charge in [-0.25, -0.2) is 8.42 Å². The molecule has 0 heterocycles. The van der Waals surface area contributed by atoms with Crippen molar-refractivity contribution in [3.63, 3.8) is 0 Å². The molecule has 0 bridgehead atoms. The molecule has 0 radical (unpaired) electrons. The van der Waals surface area contributed by atoms with Crippen molar-refractivity contribution in [3.05, 3.63) is 29.3 Å². The highest BCUT2D eigenvalue weighted by Gasteiger charge is 2.10. The molecule has 19 heavy (non-hydrogen) atoms. The molecule has 1 N–H and O–H groups in total. The summed E-state index contributed by atoms with van der Waals surface area (Å²) in [6, 6.07) is 5.40.